The number of alkyl halides is 3. The maximum absolute atomic E-state index is 12.8. The Hall–Kier alpha value is -2.19. The minimum atomic E-state index is -4.52. The van der Waals surface area contributed by atoms with Gasteiger partial charge in [0.05, 0.1) is 22.0 Å². The average Bonchev–Trinajstić information content (AvgIpc) is 2.62. The summed E-state index contributed by atoms with van der Waals surface area (Å²) in [5.41, 5.74) is -0.320. The molecule has 9 heteroatoms. The van der Waals surface area contributed by atoms with Crippen molar-refractivity contribution in [3.8, 4) is 0 Å². The van der Waals surface area contributed by atoms with Crippen molar-refractivity contribution in [2.45, 2.75) is 30.8 Å². The van der Waals surface area contributed by atoms with Gasteiger partial charge < -0.3 is 10.6 Å². The predicted octanol–water partition coefficient (Wildman–Crippen LogP) is 5.83. The van der Waals surface area contributed by atoms with Crippen LogP contribution in [0.25, 0.3) is 0 Å². The van der Waals surface area contributed by atoms with Gasteiger partial charge in [0.1, 0.15) is 0 Å². The first-order chi connectivity index (χ1) is 13.2. The van der Waals surface area contributed by atoms with Crippen LogP contribution in [-0.4, -0.2) is 17.6 Å². The van der Waals surface area contributed by atoms with E-state index in [1.54, 1.807) is 24.3 Å². The first-order valence-corrected chi connectivity index (χ1v) is 9.74. The fraction of sp³-hybridized carbons (Fsp3) is 0.263. The van der Waals surface area contributed by atoms with Crippen LogP contribution in [0, 0.1) is 0 Å². The van der Waals surface area contributed by atoms with E-state index in [-0.39, 0.29) is 22.4 Å². The Bertz CT molecular complexity index is 842. The van der Waals surface area contributed by atoms with E-state index in [1.807, 2.05) is 6.92 Å². The topological polar surface area (TPSA) is 58.2 Å². The molecule has 0 aliphatic rings. The van der Waals surface area contributed by atoms with E-state index in [9.17, 15) is 22.8 Å². The van der Waals surface area contributed by atoms with Gasteiger partial charge in [0.15, 0.2) is 0 Å². The van der Waals surface area contributed by atoms with Gasteiger partial charge in [0.2, 0.25) is 11.8 Å². The third-order valence-corrected chi connectivity index (χ3v) is 4.89. The van der Waals surface area contributed by atoms with Gasteiger partial charge in [-0.05, 0) is 48.9 Å². The number of rotatable bonds is 7. The maximum atomic E-state index is 12.8. The van der Waals surface area contributed by atoms with Gasteiger partial charge in [-0.2, -0.15) is 13.2 Å². The second-order valence-electron chi connectivity index (χ2n) is 5.85. The van der Waals surface area contributed by atoms with Crippen LogP contribution in [-0.2, 0) is 15.8 Å². The molecule has 0 atom stereocenters. The Labute approximate surface area is 169 Å². The summed E-state index contributed by atoms with van der Waals surface area (Å²) < 4.78 is 38.3. The first kappa shape index (κ1) is 22.1. The van der Waals surface area contributed by atoms with Gasteiger partial charge in [0.25, 0.3) is 0 Å². The molecule has 2 aromatic carbocycles. The molecule has 0 saturated carbocycles. The van der Waals surface area contributed by atoms with Crippen molar-refractivity contribution >= 4 is 46.6 Å². The zero-order valence-electron chi connectivity index (χ0n) is 14.9. The molecule has 2 amide bonds. The quantitative estimate of drug-likeness (QED) is 0.543. The molecule has 4 nitrogen and oxygen atoms in total. The van der Waals surface area contributed by atoms with Crippen LogP contribution in [0.15, 0.2) is 47.4 Å². The van der Waals surface area contributed by atoms with Gasteiger partial charge in [-0.3, -0.25) is 9.59 Å². The van der Waals surface area contributed by atoms with Crippen molar-refractivity contribution in [1.82, 2.24) is 0 Å². The van der Waals surface area contributed by atoms with E-state index in [0.29, 0.717) is 12.1 Å². The van der Waals surface area contributed by atoms with Crippen molar-refractivity contribution in [1.29, 1.82) is 0 Å². The molecule has 0 saturated heterocycles. The molecule has 150 valence electrons. The average molecular weight is 431 g/mol. The summed E-state index contributed by atoms with van der Waals surface area (Å²) in [7, 11) is 0. The summed E-state index contributed by atoms with van der Waals surface area (Å²) >= 11 is 7.08. The number of benzene rings is 2. The van der Waals surface area contributed by atoms with Crippen molar-refractivity contribution in [2.75, 3.05) is 16.4 Å². The number of carbonyl (C=O) groups is 2. The van der Waals surface area contributed by atoms with E-state index in [0.717, 1.165) is 29.5 Å². The lowest BCUT2D eigenvalue weighted by Crippen LogP contribution is -2.15. The smallest absolute Gasteiger partial charge is 0.326 e. The summed E-state index contributed by atoms with van der Waals surface area (Å²) in [5.74, 6) is -0.555. The summed E-state index contributed by atoms with van der Waals surface area (Å²) in [6.07, 6.45) is -3.33. The largest absolute Gasteiger partial charge is 0.416 e. The van der Waals surface area contributed by atoms with Crippen LogP contribution >= 0.6 is 23.4 Å². The SMILES string of the molecule is CCCC(=O)Nc1ccc(SCC(=O)Nc2cc(C(F)(F)F)ccc2Cl)cc1. The first-order valence-electron chi connectivity index (χ1n) is 8.38. The molecule has 0 heterocycles. The predicted molar refractivity (Wildman–Crippen MR) is 106 cm³/mol. The monoisotopic (exact) mass is 430 g/mol. The highest BCUT2D eigenvalue weighted by Crippen LogP contribution is 2.34. The molecule has 2 N–H and O–H groups in total. The number of carbonyl (C=O) groups excluding carboxylic acids is 2. The third-order valence-electron chi connectivity index (χ3n) is 3.55. The number of hydrogen-bond donors (Lipinski definition) is 2. The van der Waals surface area contributed by atoms with Gasteiger partial charge in [0, 0.05) is 17.0 Å². The highest BCUT2D eigenvalue weighted by Gasteiger charge is 2.31. The molecule has 0 aromatic heterocycles. The van der Waals surface area contributed by atoms with Crippen molar-refractivity contribution in [3.63, 3.8) is 0 Å². The van der Waals surface area contributed by atoms with Crippen molar-refractivity contribution < 1.29 is 22.8 Å². The van der Waals surface area contributed by atoms with Gasteiger partial charge >= 0.3 is 6.18 Å². The molecule has 0 aliphatic carbocycles. The maximum Gasteiger partial charge on any atom is 0.416 e. The number of halogens is 4. The summed E-state index contributed by atoms with van der Waals surface area (Å²) in [5, 5.41) is 5.18. The molecule has 0 bridgehead atoms. The van der Waals surface area contributed by atoms with Crippen molar-refractivity contribution in [2.24, 2.45) is 0 Å². The van der Waals surface area contributed by atoms with Crippen LogP contribution < -0.4 is 10.6 Å². The number of nitrogens with one attached hydrogen (secondary N) is 2. The van der Waals surface area contributed by atoms with Crippen LogP contribution in [0.1, 0.15) is 25.3 Å². The standard InChI is InChI=1S/C19H18ClF3N2O2S/c1-2-3-17(26)24-13-5-7-14(8-6-13)28-11-18(27)25-16-10-12(19(21,22)23)4-9-15(16)20/h4-10H,2-3,11H2,1H3,(H,24,26)(H,25,27). The van der Waals surface area contributed by atoms with Gasteiger partial charge in [-0.25, -0.2) is 0 Å². The molecular formula is C19H18ClF3N2O2S. The van der Waals surface area contributed by atoms with E-state index in [4.69, 9.17) is 11.6 Å². The molecule has 2 rings (SSSR count). The minimum Gasteiger partial charge on any atom is -0.326 e. The lowest BCUT2D eigenvalue weighted by molar-refractivity contribution is -0.137. The molecule has 2 aromatic rings. The Morgan fingerprint density at radius 2 is 1.71 bits per heavy atom. The Kier molecular flexibility index (Phi) is 7.77. The van der Waals surface area contributed by atoms with E-state index < -0.39 is 17.6 Å². The molecule has 0 aliphatic heterocycles. The Morgan fingerprint density at radius 3 is 2.32 bits per heavy atom. The molecular weight excluding hydrogens is 413 g/mol. The number of amides is 2. The summed E-state index contributed by atoms with van der Waals surface area (Å²) in [6, 6.07) is 9.69. The lowest BCUT2D eigenvalue weighted by Gasteiger charge is -2.11. The lowest BCUT2D eigenvalue weighted by atomic mass is 10.2. The van der Waals surface area contributed by atoms with E-state index >= 15 is 0 Å². The molecule has 0 spiro atoms. The zero-order valence-corrected chi connectivity index (χ0v) is 16.5. The Morgan fingerprint density at radius 1 is 1.04 bits per heavy atom. The summed E-state index contributed by atoms with van der Waals surface area (Å²) in [4.78, 5) is 24.4. The summed E-state index contributed by atoms with van der Waals surface area (Å²) in [6.45, 7) is 1.91. The second kappa shape index (κ2) is 9.84. The van der Waals surface area contributed by atoms with E-state index in [1.165, 1.54) is 11.8 Å². The van der Waals surface area contributed by atoms with Crippen molar-refractivity contribution in [3.05, 3.63) is 53.1 Å². The van der Waals surface area contributed by atoms with Crippen LogP contribution in [0.2, 0.25) is 5.02 Å². The third kappa shape index (κ3) is 6.76. The highest BCUT2D eigenvalue weighted by molar-refractivity contribution is 8.00. The van der Waals surface area contributed by atoms with Crippen LogP contribution in [0.3, 0.4) is 0 Å². The van der Waals surface area contributed by atoms with Gasteiger partial charge in [-0.1, -0.05) is 18.5 Å². The van der Waals surface area contributed by atoms with E-state index in [2.05, 4.69) is 10.6 Å². The number of anilines is 2. The van der Waals surface area contributed by atoms with Gasteiger partial charge in [-0.15, -0.1) is 11.8 Å². The zero-order chi connectivity index (χ0) is 20.7. The second-order valence-corrected chi connectivity index (χ2v) is 7.31. The number of thioether (sulfide) groups is 1. The fourth-order valence-electron chi connectivity index (χ4n) is 2.22. The number of hydrogen-bond acceptors (Lipinski definition) is 3. The van der Waals surface area contributed by atoms with Crippen LogP contribution in [0.4, 0.5) is 24.5 Å². The van der Waals surface area contributed by atoms with Crippen LogP contribution in [0.5, 0.6) is 0 Å². The Balaban J connectivity index is 1.91. The molecule has 0 unspecified atom stereocenters. The molecule has 0 fully saturated rings. The fourth-order valence-corrected chi connectivity index (χ4v) is 3.08. The minimum absolute atomic E-state index is 0.00584. The normalized spacial score (nSPS) is 11.2. The molecule has 0 radical (unpaired) electrons. The highest BCUT2D eigenvalue weighted by atomic mass is 35.5. The molecule has 28 heavy (non-hydrogen) atoms.